The maximum atomic E-state index is 13.5. The molecule has 0 fully saturated rings. The van der Waals surface area contributed by atoms with E-state index in [4.69, 9.17) is 9.88 Å². The lowest BCUT2D eigenvalue weighted by atomic mass is 9.96. The maximum Gasteiger partial charge on any atom is 0.435 e. The summed E-state index contributed by atoms with van der Waals surface area (Å²) in [6, 6.07) is 22.2. The first-order valence-electron chi connectivity index (χ1n) is 14.4. The molecular formula is C34H26F5N3O6S2. The number of halogens is 5. The minimum Gasteiger partial charge on any atom is -0.457 e. The molecule has 5 aromatic rings. The van der Waals surface area contributed by atoms with Gasteiger partial charge in [-0.05, 0) is 72.6 Å². The zero-order chi connectivity index (χ0) is 36.6. The molecule has 0 saturated heterocycles. The normalized spacial score (nSPS) is 13.6. The quantitative estimate of drug-likeness (QED) is 0.159. The van der Waals surface area contributed by atoms with Crippen LogP contribution in [0.15, 0.2) is 107 Å². The van der Waals surface area contributed by atoms with Gasteiger partial charge < -0.3 is 4.74 Å². The van der Waals surface area contributed by atoms with Gasteiger partial charge in [-0.15, -0.1) is 0 Å². The Morgan fingerprint density at radius 1 is 0.760 bits per heavy atom. The number of benzene rings is 4. The number of hydrogen-bond acceptors (Lipinski definition) is 7. The van der Waals surface area contributed by atoms with Crippen molar-refractivity contribution in [1.29, 1.82) is 0 Å². The molecule has 6 rings (SSSR count). The SMILES string of the molecule is CS(=O)(=O)c1ccc(C2=C(c3ccc(F)c(F)c3)C(=O)OC2)cc1.Cc1ccc(-c2cc(C(F)(F)F)nn2-c2ccc(S(N)(=O)=O)cc2)cc1. The lowest BCUT2D eigenvalue weighted by Gasteiger charge is -2.09. The van der Waals surface area contributed by atoms with E-state index in [0.717, 1.165) is 34.7 Å². The third-order valence-corrected chi connectivity index (χ3v) is 9.51. The number of cyclic esters (lactones) is 1. The van der Waals surface area contributed by atoms with Crippen LogP contribution in [0.25, 0.3) is 28.1 Å². The van der Waals surface area contributed by atoms with E-state index in [1.54, 1.807) is 36.4 Å². The van der Waals surface area contributed by atoms with Crippen LogP contribution in [0.4, 0.5) is 22.0 Å². The summed E-state index contributed by atoms with van der Waals surface area (Å²) in [5, 5.41) is 8.70. The Hall–Kier alpha value is -5.19. The first-order valence-corrected chi connectivity index (χ1v) is 17.8. The van der Waals surface area contributed by atoms with Crippen molar-refractivity contribution in [3.63, 3.8) is 0 Å². The summed E-state index contributed by atoms with van der Waals surface area (Å²) in [6.45, 7) is 1.85. The fourth-order valence-corrected chi connectivity index (χ4v) is 6.05. The van der Waals surface area contributed by atoms with Crippen molar-refractivity contribution in [2.45, 2.75) is 22.9 Å². The zero-order valence-corrected chi connectivity index (χ0v) is 27.7. The van der Waals surface area contributed by atoms with E-state index in [2.05, 4.69) is 5.10 Å². The zero-order valence-electron chi connectivity index (χ0n) is 26.1. The molecule has 4 aromatic carbocycles. The van der Waals surface area contributed by atoms with Crippen LogP contribution < -0.4 is 5.14 Å². The van der Waals surface area contributed by atoms with Gasteiger partial charge in [0.15, 0.2) is 27.2 Å². The van der Waals surface area contributed by atoms with Crippen LogP contribution in [-0.2, 0) is 35.6 Å². The molecule has 1 aliphatic rings. The van der Waals surface area contributed by atoms with E-state index in [0.29, 0.717) is 16.7 Å². The predicted octanol–water partition coefficient (Wildman–Crippen LogP) is 6.35. The smallest absolute Gasteiger partial charge is 0.435 e. The summed E-state index contributed by atoms with van der Waals surface area (Å²) in [4.78, 5) is 12.0. The molecule has 2 N–H and O–H groups in total. The van der Waals surface area contributed by atoms with Crippen molar-refractivity contribution in [2.75, 3.05) is 12.9 Å². The van der Waals surface area contributed by atoms with E-state index >= 15 is 0 Å². The van der Waals surface area contributed by atoms with E-state index in [9.17, 15) is 43.6 Å². The number of rotatable bonds is 6. The summed E-state index contributed by atoms with van der Waals surface area (Å²) >= 11 is 0. The molecule has 0 radical (unpaired) electrons. The van der Waals surface area contributed by atoms with Crippen molar-refractivity contribution in [3.05, 3.63) is 131 Å². The molecular weight excluding hydrogens is 706 g/mol. The first-order chi connectivity index (χ1) is 23.3. The second-order valence-electron chi connectivity index (χ2n) is 11.1. The molecule has 0 amide bonds. The van der Waals surface area contributed by atoms with E-state index in [-0.39, 0.29) is 38.9 Å². The van der Waals surface area contributed by atoms with Crippen LogP contribution in [0.2, 0.25) is 0 Å². The van der Waals surface area contributed by atoms with Gasteiger partial charge in [0.2, 0.25) is 10.0 Å². The van der Waals surface area contributed by atoms with Gasteiger partial charge in [0.1, 0.15) is 6.61 Å². The molecule has 1 aromatic heterocycles. The van der Waals surface area contributed by atoms with Crippen LogP contribution in [0.1, 0.15) is 22.4 Å². The molecule has 0 atom stereocenters. The number of nitrogens with two attached hydrogens (primary N) is 1. The Bertz CT molecular complexity index is 2340. The van der Waals surface area contributed by atoms with Crippen LogP contribution in [0.3, 0.4) is 0 Å². The monoisotopic (exact) mass is 731 g/mol. The molecule has 1 aliphatic heterocycles. The fourth-order valence-electron chi connectivity index (χ4n) is 4.90. The highest BCUT2D eigenvalue weighted by Crippen LogP contribution is 2.35. The second kappa shape index (κ2) is 13.6. The van der Waals surface area contributed by atoms with Crippen LogP contribution in [-0.4, -0.2) is 45.4 Å². The molecule has 2 heterocycles. The van der Waals surface area contributed by atoms with Gasteiger partial charge in [-0.3, -0.25) is 0 Å². The van der Waals surface area contributed by atoms with E-state index in [1.165, 1.54) is 42.5 Å². The molecule has 0 spiro atoms. The standard InChI is InChI=1S/C17H14F3N3O2S.C17H12F2O4S/c1-11-2-4-12(5-3-11)15-10-16(17(18,19)20)22-23(15)13-6-8-14(9-7-13)26(21,24)25;1-24(21,22)12-5-2-10(3-6-12)13-9-23-17(20)16(13)11-4-7-14(18)15(19)8-11/h2-10H,1H3,(H2,21,24,25);2-8H,9H2,1H3. The largest absolute Gasteiger partial charge is 0.457 e. The highest BCUT2D eigenvalue weighted by molar-refractivity contribution is 7.90. The van der Waals surface area contributed by atoms with Crippen molar-refractivity contribution >= 4 is 37.0 Å². The number of sulfonamides is 1. The van der Waals surface area contributed by atoms with Gasteiger partial charge in [0.05, 0.1) is 26.7 Å². The third-order valence-electron chi connectivity index (χ3n) is 7.45. The Morgan fingerprint density at radius 2 is 1.32 bits per heavy atom. The summed E-state index contributed by atoms with van der Waals surface area (Å²) in [5.41, 5.74) is 2.41. The minimum atomic E-state index is -4.61. The number of hydrogen-bond donors (Lipinski definition) is 1. The Labute approximate surface area is 283 Å². The fraction of sp³-hybridized carbons (Fsp3) is 0.118. The average Bonchev–Trinajstić information content (AvgIpc) is 3.67. The number of carbonyl (C=O) groups excluding carboxylic acids is 1. The maximum absolute atomic E-state index is 13.5. The minimum absolute atomic E-state index is 0.0224. The van der Waals surface area contributed by atoms with Crippen molar-refractivity contribution in [1.82, 2.24) is 9.78 Å². The number of aryl methyl sites for hydroxylation is 1. The molecule has 260 valence electrons. The summed E-state index contributed by atoms with van der Waals surface area (Å²) < 4.78 is 118. The van der Waals surface area contributed by atoms with Crippen LogP contribution >= 0.6 is 0 Å². The van der Waals surface area contributed by atoms with Gasteiger partial charge in [0, 0.05) is 17.4 Å². The second-order valence-corrected chi connectivity index (χ2v) is 14.7. The highest BCUT2D eigenvalue weighted by Gasteiger charge is 2.35. The third kappa shape index (κ3) is 7.98. The number of ether oxygens (including phenoxy) is 1. The van der Waals surface area contributed by atoms with Gasteiger partial charge in [-0.25, -0.2) is 40.2 Å². The molecule has 16 heteroatoms. The predicted molar refractivity (Wildman–Crippen MR) is 174 cm³/mol. The Kier molecular flexibility index (Phi) is 9.83. The number of alkyl halides is 3. The number of esters is 1. The van der Waals surface area contributed by atoms with Gasteiger partial charge in [-0.1, -0.05) is 48.0 Å². The molecule has 0 saturated carbocycles. The average molecular weight is 732 g/mol. The topological polar surface area (TPSA) is 138 Å². The number of carbonyl (C=O) groups is 1. The summed E-state index contributed by atoms with van der Waals surface area (Å²) in [6.07, 6.45) is -3.51. The summed E-state index contributed by atoms with van der Waals surface area (Å²) in [5.74, 6) is -2.71. The van der Waals surface area contributed by atoms with Crippen molar-refractivity contribution in [2.24, 2.45) is 5.14 Å². The number of nitrogens with zero attached hydrogens (tertiary/aromatic N) is 2. The Balaban J connectivity index is 0.000000195. The van der Waals surface area contributed by atoms with Crippen LogP contribution in [0, 0.1) is 18.6 Å². The molecule has 0 bridgehead atoms. The van der Waals surface area contributed by atoms with Crippen LogP contribution in [0.5, 0.6) is 0 Å². The van der Waals surface area contributed by atoms with Crippen molar-refractivity contribution < 1.29 is 48.3 Å². The number of primary sulfonamides is 1. The lowest BCUT2D eigenvalue weighted by molar-refractivity contribution is -0.141. The van der Waals surface area contributed by atoms with E-state index < -0.39 is 49.3 Å². The van der Waals surface area contributed by atoms with Gasteiger partial charge in [0.25, 0.3) is 0 Å². The number of aromatic nitrogens is 2. The Morgan fingerprint density at radius 3 is 1.86 bits per heavy atom. The molecule has 9 nitrogen and oxygen atoms in total. The van der Waals surface area contributed by atoms with E-state index in [1.807, 2.05) is 6.92 Å². The highest BCUT2D eigenvalue weighted by atomic mass is 32.2. The lowest BCUT2D eigenvalue weighted by Crippen LogP contribution is -2.12. The van der Waals surface area contributed by atoms with Gasteiger partial charge >= 0.3 is 12.1 Å². The molecule has 0 unspecified atom stereocenters. The first kappa shape index (κ1) is 36.1. The summed E-state index contributed by atoms with van der Waals surface area (Å²) in [7, 11) is -7.23. The molecule has 50 heavy (non-hydrogen) atoms. The van der Waals surface area contributed by atoms with Gasteiger partial charge in [-0.2, -0.15) is 18.3 Å². The molecule has 0 aliphatic carbocycles. The van der Waals surface area contributed by atoms with Crippen molar-refractivity contribution in [3.8, 4) is 16.9 Å². The number of sulfone groups is 1.